The zero-order valence-electron chi connectivity index (χ0n) is 13.7. The molecule has 1 aliphatic rings. The van der Waals surface area contributed by atoms with E-state index in [-0.39, 0.29) is 17.4 Å². The van der Waals surface area contributed by atoms with Gasteiger partial charge in [-0.25, -0.2) is 13.8 Å². The molecular formula is C18H14ClF2N3OS. The smallest absolute Gasteiger partial charge is 0.215 e. The monoisotopic (exact) mass is 393 g/mol. The maximum atomic E-state index is 14.5. The Kier molecular flexibility index (Phi) is 4.17. The minimum Gasteiger partial charge on any atom is -0.354 e. The van der Waals surface area contributed by atoms with Crippen molar-refractivity contribution in [2.75, 3.05) is 0 Å². The largest absolute Gasteiger partial charge is 0.354 e. The molecular weight excluding hydrogens is 380 g/mol. The second-order valence-corrected chi connectivity index (χ2v) is 7.06. The molecule has 8 heteroatoms. The third kappa shape index (κ3) is 2.86. The maximum Gasteiger partial charge on any atom is 0.215 e. The van der Waals surface area contributed by atoms with Crippen molar-refractivity contribution in [2.45, 2.75) is 25.2 Å². The predicted octanol–water partition coefficient (Wildman–Crippen LogP) is 4.85. The van der Waals surface area contributed by atoms with E-state index in [2.05, 4.69) is 10.1 Å². The summed E-state index contributed by atoms with van der Waals surface area (Å²) in [4.78, 5) is 3.99. The molecule has 1 fully saturated rings. The van der Waals surface area contributed by atoms with Gasteiger partial charge in [-0.3, -0.25) is 9.78 Å². The summed E-state index contributed by atoms with van der Waals surface area (Å²) in [5.41, 5.74) is 0.836. The third-order valence-electron chi connectivity index (χ3n) is 4.53. The lowest BCUT2D eigenvalue weighted by atomic mass is 9.91. The second kappa shape index (κ2) is 6.26. The van der Waals surface area contributed by atoms with Crippen molar-refractivity contribution in [1.29, 1.82) is 0 Å². The molecule has 1 saturated heterocycles. The van der Waals surface area contributed by atoms with E-state index >= 15 is 0 Å². The van der Waals surface area contributed by atoms with E-state index in [1.807, 2.05) is 13.0 Å². The molecule has 0 bridgehead atoms. The molecule has 2 aromatic carbocycles. The minimum atomic E-state index is -0.967. The predicted molar refractivity (Wildman–Crippen MR) is 95.5 cm³/mol. The minimum absolute atomic E-state index is 0.214. The lowest BCUT2D eigenvalue weighted by Gasteiger charge is -2.16. The first-order valence-corrected chi connectivity index (χ1v) is 8.69. The van der Waals surface area contributed by atoms with Crippen LogP contribution in [0, 0.1) is 23.3 Å². The molecule has 2 atom stereocenters. The van der Waals surface area contributed by atoms with Crippen LogP contribution in [0.1, 0.15) is 22.8 Å². The fourth-order valence-electron chi connectivity index (χ4n) is 3.21. The maximum absolute atomic E-state index is 14.5. The first-order valence-electron chi connectivity index (χ1n) is 7.90. The van der Waals surface area contributed by atoms with Crippen LogP contribution in [0.25, 0.3) is 0 Å². The fourth-order valence-corrected chi connectivity index (χ4v) is 3.70. The molecule has 1 aliphatic heterocycles. The first kappa shape index (κ1) is 17.3. The first-order chi connectivity index (χ1) is 12.4. The molecule has 0 spiro atoms. The number of benzene rings is 2. The second-order valence-electron chi connectivity index (χ2n) is 6.29. The molecule has 2 unspecified atom stereocenters. The van der Waals surface area contributed by atoms with Crippen molar-refractivity contribution < 1.29 is 13.5 Å². The van der Waals surface area contributed by atoms with Gasteiger partial charge in [-0.1, -0.05) is 29.8 Å². The number of halogens is 3. The van der Waals surface area contributed by atoms with Crippen LogP contribution in [0.15, 0.2) is 42.7 Å². The molecule has 1 N–H and O–H groups in total. The lowest BCUT2D eigenvalue weighted by molar-refractivity contribution is 0.261. The summed E-state index contributed by atoms with van der Waals surface area (Å²) in [5, 5.41) is 3.12. The topological polar surface area (TPSA) is 46.1 Å². The van der Waals surface area contributed by atoms with E-state index in [1.165, 1.54) is 24.5 Å². The van der Waals surface area contributed by atoms with Crippen LogP contribution < -0.4 is 0 Å². The highest BCUT2D eigenvalue weighted by atomic mass is 35.5. The van der Waals surface area contributed by atoms with Gasteiger partial charge in [0, 0.05) is 16.1 Å². The molecule has 1 aromatic heterocycles. The molecule has 0 saturated carbocycles. The van der Waals surface area contributed by atoms with E-state index in [0.717, 1.165) is 5.56 Å². The van der Waals surface area contributed by atoms with Crippen molar-refractivity contribution in [3.05, 3.63) is 80.8 Å². The molecule has 26 heavy (non-hydrogen) atoms. The number of aromatic nitrogens is 3. The highest BCUT2D eigenvalue weighted by molar-refractivity contribution is 7.71. The Hall–Kier alpha value is -2.09. The quantitative estimate of drug-likeness (QED) is 0.509. The van der Waals surface area contributed by atoms with Crippen LogP contribution in [-0.4, -0.2) is 14.8 Å². The van der Waals surface area contributed by atoms with Crippen molar-refractivity contribution in [3.8, 4) is 0 Å². The number of aryl methyl sites for hydroxylation is 1. The Morgan fingerprint density at radius 1 is 1.31 bits per heavy atom. The molecule has 2 heterocycles. The number of epoxide rings is 1. The van der Waals surface area contributed by atoms with Gasteiger partial charge < -0.3 is 4.74 Å². The van der Waals surface area contributed by atoms with Gasteiger partial charge in [0.1, 0.15) is 29.7 Å². The van der Waals surface area contributed by atoms with Gasteiger partial charge in [0.15, 0.2) is 0 Å². The SMILES string of the molecule is Cc1ccc(C2OC2(Cn2[nH]cnc2=S)c2ccc(F)cc2Cl)c(F)c1. The fraction of sp³-hybridized carbons (Fsp3) is 0.222. The summed E-state index contributed by atoms with van der Waals surface area (Å²) in [6.45, 7) is 2.06. The number of nitrogens with zero attached hydrogens (tertiary/aromatic N) is 2. The molecule has 134 valence electrons. The standard InChI is InChI=1S/C18H14ClF2N3OS/c1-10-2-4-12(15(21)6-10)16-18(25-16,8-24-17(26)22-9-23-24)13-5-3-11(20)7-14(13)19/h2-7,9,16H,8H2,1H3,(H,22,23,26). The number of H-pyrrole nitrogens is 1. The van der Waals surface area contributed by atoms with Crippen LogP contribution in [0.4, 0.5) is 8.78 Å². The van der Waals surface area contributed by atoms with Crippen LogP contribution in [0.5, 0.6) is 0 Å². The summed E-state index contributed by atoms with van der Waals surface area (Å²) in [6, 6.07) is 9.05. The van der Waals surface area contributed by atoms with E-state index in [0.29, 0.717) is 15.9 Å². The van der Waals surface area contributed by atoms with Crippen LogP contribution in [0.2, 0.25) is 5.02 Å². The molecule has 4 rings (SSSR count). The highest BCUT2D eigenvalue weighted by Crippen LogP contribution is 2.59. The van der Waals surface area contributed by atoms with Gasteiger partial charge in [-0.05, 0) is 42.9 Å². The Labute approximate surface area is 158 Å². The van der Waals surface area contributed by atoms with Gasteiger partial charge in [-0.15, -0.1) is 0 Å². The number of ether oxygens (including phenoxy) is 1. The Bertz CT molecular complexity index is 1050. The summed E-state index contributed by atoms with van der Waals surface area (Å²) in [6.07, 6.45) is 0.892. The summed E-state index contributed by atoms with van der Waals surface area (Å²) in [5.74, 6) is -0.811. The van der Waals surface area contributed by atoms with E-state index in [4.69, 9.17) is 28.6 Å². The molecule has 0 amide bonds. The normalized spacial score (nSPS) is 21.8. The third-order valence-corrected chi connectivity index (χ3v) is 5.17. The van der Waals surface area contributed by atoms with Crippen molar-refractivity contribution in [2.24, 2.45) is 0 Å². The average Bonchev–Trinajstić information content (AvgIpc) is 3.13. The van der Waals surface area contributed by atoms with Crippen LogP contribution >= 0.6 is 23.8 Å². The van der Waals surface area contributed by atoms with Gasteiger partial charge in [0.2, 0.25) is 4.77 Å². The number of nitrogens with one attached hydrogen (secondary N) is 1. The molecule has 0 radical (unpaired) electrons. The summed E-state index contributed by atoms with van der Waals surface area (Å²) >= 11 is 11.5. The number of aromatic amines is 1. The van der Waals surface area contributed by atoms with Crippen LogP contribution in [0.3, 0.4) is 0 Å². The molecule has 0 aliphatic carbocycles. The van der Waals surface area contributed by atoms with Gasteiger partial charge in [0.25, 0.3) is 0 Å². The average molecular weight is 394 g/mol. The van der Waals surface area contributed by atoms with E-state index in [1.54, 1.807) is 16.8 Å². The number of hydrogen-bond donors (Lipinski definition) is 1. The van der Waals surface area contributed by atoms with Crippen LogP contribution in [-0.2, 0) is 16.9 Å². The Morgan fingerprint density at radius 3 is 2.77 bits per heavy atom. The van der Waals surface area contributed by atoms with E-state index < -0.39 is 17.5 Å². The van der Waals surface area contributed by atoms with Crippen molar-refractivity contribution in [3.63, 3.8) is 0 Å². The van der Waals surface area contributed by atoms with Gasteiger partial charge in [-0.2, -0.15) is 0 Å². The van der Waals surface area contributed by atoms with Crippen molar-refractivity contribution >= 4 is 23.8 Å². The van der Waals surface area contributed by atoms with E-state index in [9.17, 15) is 8.78 Å². The molecule has 3 aromatic rings. The van der Waals surface area contributed by atoms with Crippen molar-refractivity contribution in [1.82, 2.24) is 14.8 Å². The molecule has 4 nitrogen and oxygen atoms in total. The summed E-state index contributed by atoms with van der Waals surface area (Å²) in [7, 11) is 0. The summed E-state index contributed by atoms with van der Waals surface area (Å²) < 4.78 is 35.9. The number of hydrogen-bond acceptors (Lipinski definition) is 3. The van der Waals surface area contributed by atoms with Gasteiger partial charge >= 0.3 is 0 Å². The number of rotatable bonds is 4. The Morgan fingerprint density at radius 2 is 2.12 bits per heavy atom. The zero-order valence-corrected chi connectivity index (χ0v) is 15.2. The Balaban J connectivity index is 1.81. The van der Waals surface area contributed by atoms with Gasteiger partial charge in [0.05, 0.1) is 6.54 Å². The lowest BCUT2D eigenvalue weighted by Crippen LogP contribution is -2.21. The highest BCUT2D eigenvalue weighted by Gasteiger charge is 2.60. The zero-order chi connectivity index (χ0) is 18.5.